The van der Waals surface area contributed by atoms with E-state index in [1.165, 1.54) is 28.3 Å². The number of halogens is 3. The molecule has 0 N–H and O–H groups in total. The Hall–Kier alpha value is -2.35. The molecule has 0 unspecified atom stereocenters. The maximum atomic E-state index is 12.5. The average molecular weight is 337 g/mol. The highest BCUT2D eigenvalue weighted by molar-refractivity contribution is 7.98. The van der Waals surface area contributed by atoms with Crippen LogP contribution in [0, 0.1) is 0 Å². The molecule has 0 amide bonds. The molecule has 3 rings (SSSR count). The summed E-state index contributed by atoms with van der Waals surface area (Å²) in [5, 5.41) is 0.293. The van der Waals surface area contributed by atoms with Gasteiger partial charge in [0.15, 0.2) is 5.16 Å². The Kier molecular flexibility index (Phi) is 4.08. The van der Waals surface area contributed by atoms with E-state index in [-0.39, 0.29) is 0 Å². The summed E-state index contributed by atoms with van der Waals surface area (Å²) in [5.41, 5.74) is 0.0410. The first-order valence-electron chi connectivity index (χ1n) is 6.58. The molecular weight excluding hydrogens is 327 g/mol. The summed E-state index contributed by atoms with van der Waals surface area (Å²) in [7, 11) is 0. The predicted molar refractivity (Wildman–Crippen MR) is 80.3 cm³/mol. The third-order valence-corrected chi connectivity index (χ3v) is 4.01. The Bertz CT molecular complexity index is 891. The van der Waals surface area contributed by atoms with Crippen molar-refractivity contribution in [1.29, 1.82) is 0 Å². The van der Waals surface area contributed by atoms with Crippen LogP contribution in [0.1, 0.15) is 11.1 Å². The summed E-state index contributed by atoms with van der Waals surface area (Å²) in [4.78, 5) is 19.9. The average Bonchev–Trinajstić information content (AvgIpc) is 2.52. The fraction of sp³-hybridized carbons (Fsp3) is 0.133. The molecule has 0 spiro atoms. The van der Waals surface area contributed by atoms with Crippen LogP contribution in [0.4, 0.5) is 13.2 Å². The maximum Gasteiger partial charge on any atom is 0.416 e. The van der Waals surface area contributed by atoms with Crippen LogP contribution in [0.3, 0.4) is 0 Å². The fourth-order valence-electron chi connectivity index (χ4n) is 1.95. The maximum absolute atomic E-state index is 12.5. The summed E-state index contributed by atoms with van der Waals surface area (Å²) in [5.74, 6) is 0.376. The van der Waals surface area contributed by atoms with Gasteiger partial charge in [0.2, 0.25) is 0 Å². The predicted octanol–water partition coefficient (Wildman–Crippen LogP) is 3.40. The number of hydrogen-bond acceptors (Lipinski definition) is 4. The Morgan fingerprint density at radius 2 is 1.78 bits per heavy atom. The van der Waals surface area contributed by atoms with Gasteiger partial charge in [0.25, 0.3) is 0 Å². The number of alkyl halides is 3. The smallest absolute Gasteiger partial charge is 0.251 e. The van der Waals surface area contributed by atoms with Crippen molar-refractivity contribution in [3.8, 4) is 0 Å². The molecule has 8 heteroatoms. The quantitative estimate of drug-likeness (QED) is 0.687. The number of benzene rings is 1. The topological polar surface area (TPSA) is 47.3 Å². The molecule has 3 aromatic rings. The second-order valence-electron chi connectivity index (χ2n) is 4.70. The lowest BCUT2D eigenvalue weighted by Gasteiger charge is -2.07. The molecule has 0 saturated heterocycles. The minimum atomic E-state index is -4.35. The Morgan fingerprint density at radius 1 is 1.04 bits per heavy atom. The zero-order valence-electron chi connectivity index (χ0n) is 11.6. The monoisotopic (exact) mass is 337 g/mol. The van der Waals surface area contributed by atoms with Crippen LogP contribution in [0.25, 0.3) is 5.65 Å². The Balaban J connectivity index is 1.77. The second-order valence-corrected chi connectivity index (χ2v) is 5.64. The van der Waals surface area contributed by atoms with E-state index < -0.39 is 17.4 Å². The Labute approximate surface area is 133 Å². The first-order chi connectivity index (χ1) is 10.9. The molecule has 0 aliphatic carbocycles. The van der Waals surface area contributed by atoms with E-state index in [4.69, 9.17) is 0 Å². The fourth-order valence-corrected chi connectivity index (χ4v) is 2.74. The number of pyridine rings is 1. The van der Waals surface area contributed by atoms with Crippen LogP contribution in [0.5, 0.6) is 0 Å². The van der Waals surface area contributed by atoms with Crippen molar-refractivity contribution in [2.45, 2.75) is 17.1 Å². The van der Waals surface area contributed by atoms with Gasteiger partial charge < -0.3 is 0 Å². The summed E-state index contributed by atoms with van der Waals surface area (Å²) < 4.78 is 38.8. The van der Waals surface area contributed by atoms with Crippen molar-refractivity contribution in [2.24, 2.45) is 0 Å². The number of aromatic nitrogens is 3. The van der Waals surface area contributed by atoms with Gasteiger partial charge in [-0.3, -0.25) is 4.40 Å². The van der Waals surface area contributed by atoms with E-state index >= 15 is 0 Å². The van der Waals surface area contributed by atoms with Crippen LogP contribution < -0.4 is 5.69 Å². The summed E-state index contributed by atoms with van der Waals surface area (Å²) in [6.45, 7) is 0. The van der Waals surface area contributed by atoms with Crippen molar-refractivity contribution in [1.82, 2.24) is 14.4 Å². The molecule has 2 heterocycles. The zero-order chi connectivity index (χ0) is 16.4. The molecule has 0 radical (unpaired) electrons. The molecule has 0 atom stereocenters. The third kappa shape index (κ3) is 3.53. The van der Waals surface area contributed by atoms with Gasteiger partial charge in [-0.15, -0.1) is 0 Å². The molecule has 23 heavy (non-hydrogen) atoms. The van der Waals surface area contributed by atoms with Gasteiger partial charge in [-0.25, -0.2) is 9.78 Å². The standard InChI is InChI=1S/C15H10F3N3OS/c16-15(17,18)11-6-4-10(5-7-11)9-23-13-19-12-3-1-2-8-21(12)14(22)20-13/h1-8H,9H2. The van der Waals surface area contributed by atoms with Crippen LogP contribution in [0.2, 0.25) is 0 Å². The molecule has 1 aromatic carbocycles. The van der Waals surface area contributed by atoms with Crippen LogP contribution in [-0.4, -0.2) is 14.4 Å². The van der Waals surface area contributed by atoms with Crippen molar-refractivity contribution >= 4 is 17.4 Å². The van der Waals surface area contributed by atoms with E-state index in [9.17, 15) is 18.0 Å². The summed E-state index contributed by atoms with van der Waals surface area (Å²) >= 11 is 1.20. The molecule has 4 nitrogen and oxygen atoms in total. The minimum absolute atomic E-state index is 0.293. The molecule has 0 bridgehead atoms. The van der Waals surface area contributed by atoms with E-state index in [1.54, 1.807) is 24.4 Å². The normalized spacial score (nSPS) is 11.8. The molecule has 0 aliphatic heterocycles. The van der Waals surface area contributed by atoms with Gasteiger partial charge >= 0.3 is 11.9 Å². The van der Waals surface area contributed by atoms with Crippen molar-refractivity contribution in [2.75, 3.05) is 0 Å². The highest BCUT2D eigenvalue weighted by atomic mass is 32.2. The lowest BCUT2D eigenvalue weighted by atomic mass is 10.1. The van der Waals surface area contributed by atoms with Crippen LogP contribution >= 0.6 is 11.8 Å². The van der Waals surface area contributed by atoms with E-state index in [2.05, 4.69) is 9.97 Å². The highest BCUT2D eigenvalue weighted by Gasteiger charge is 2.29. The number of hydrogen-bond donors (Lipinski definition) is 0. The molecular formula is C15H10F3N3OS. The third-order valence-electron chi connectivity index (χ3n) is 3.10. The van der Waals surface area contributed by atoms with Gasteiger partial charge in [-0.2, -0.15) is 18.2 Å². The van der Waals surface area contributed by atoms with Gasteiger partial charge in [-0.1, -0.05) is 30.0 Å². The first-order valence-corrected chi connectivity index (χ1v) is 7.56. The number of nitrogens with zero attached hydrogens (tertiary/aromatic N) is 3. The van der Waals surface area contributed by atoms with Crippen LogP contribution in [-0.2, 0) is 11.9 Å². The molecule has 118 valence electrons. The summed E-state index contributed by atoms with van der Waals surface area (Å²) in [6.07, 6.45) is -2.77. The number of fused-ring (bicyclic) bond motifs is 1. The highest BCUT2D eigenvalue weighted by Crippen LogP contribution is 2.29. The molecule has 0 saturated carbocycles. The van der Waals surface area contributed by atoms with Gasteiger partial charge in [0.1, 0.15) is 5.65 Å². The molecule has 0 aliphatic rings. The number of rotatable bonds is 3. The van der Waals surface area contributed by atoms with E-state index in [1.807, 2.05) is 0 Å². The first kappa shape index (κ1) is 15.5. The zero-order valence-corrected chi connectivity index (χ0v) is 12.4. The van der Waals surface area contributed by atoms with Gasteiger partial charge in [0.05, 0.1) is 5.56 Å². The number of thioether (sulfide) groups is 1. The largest absolute Gasteiger partial charge is 0.416 e. The lowest BCUT2D eigenvalue weighted by molar-refractivity contribution is -0.137. The second kappa shape index (κ2) is 6.04. The lowest BCUT2D eigenvalue weighted by Crippen LogP contribution is -2.18. The SMILES string of the molecule is O=c1nc(SCc2ccc(C(F)(F)F)cc2)nc2ccccn12. The van der Waals surface area contributed by atoms with Crippen molar-refractivity contribution in [3.05, 3.63) is 70.3 Å². The van der Waals surface area contributed by atoms with Gasteiger partial charge in [-0.05, 0) is 29.8 Å². The minimum Gasteiger partial charge on any atom is -0.251 e. The summed E-state index contributed by atoms with van der Waals surface area (Å²) in [6, 6.07) is 10.0. The van der Waals surface area contributed by atoms with Crippen molar-refractivity contribution < 1.29 is 13.2 Å². The Morgan fingerprint density at radius 3 is 2.48 bits per heavy atom. The van der Waals surface area contributed by atoms with Gasteiger partial charge in [0, 0.05) is 11.9 Å². The van der Waals surface area contributed by atoms with Crippen LogP contribution in [0.15, 0.2) is 58.6 Å². The van der Waals surface area contributed by atoms with E-state index in [0.29, 0.717) is 22.1 Å². The molecule has 0 fully saturated rings. The molecule has 2 aromatic heterocycles. The van der Waals surface area contributed by atoms with E-state index in [0.717, 1.165) is 12.1 Å². The van der Waals surface area contributed by atoms with Crippen molar-refractivity contribution in [3.63, 3.8) is 0 Å².